The topological polar surface area (TPSA) is 42.3 Å². The van der Waals surface area contributed by atoms with E-state index >= 15 is 0 Å². The smallest absolute Gasteiger partial charge is 0.263 e. The molecule has 0 N–H and O–H groups in total. The fourth-order valence-electron chi connectivity index (χ4n) is 2.30. The minimum atomic E-state index is -3.74. The summed E-state index contributed by atoms with van der Waals surface area (Å²) in [5, 5.41) is 0.689. The largest absolute Gasteiger partial charge is 0.342 e. The predicted molar refractivity (Wildman–Crippen MR) is 78.3 cm³/mol. The third-order valence-corrected chi connectivity index (χ3v) is 4.65. The van der Waals surface area contributed by atoms with Gasteiger partial charge in [0.15, 0.2) is 0 Å². The van der Waals surface area contributed by atoms with Crippen LogP contribution in [0.3, 0.4) is 0 Å². The second-order valence-corrected chi connectivity index (χ2v) is 7.33. The van der Waals surface area contributed by atoms with Gasteiger partial charge in [-0.2, -0.15) is 0 Å². The summed E-state index contributed by atoms with van der Waals surface area (Å²) >= 11 is 0. The summed E-state index contributed by atoms with van der Waals surface area (Å²) in [7, 11) is 5.80. The normalized spacial score (nSPS) is 12.5. The summed E-state index contributed by atoms with van der Waals surface area (Å²) in [5.41, 5.74) is 1.60. The zero-order chi connectivity index (χ0) is 14.2. The van der Waals surface area contributed by atoms with E-state index in [1.54, 1.807) is 13.0 Å². The lowest BCUT2D eigenvalue weighted by atomic mass is 10.2. The summed E-state index contributed by atoms with van der Waals surface area (Å²) in [6.45, 7) is 3.36. The summed E-state index contributed by atoms with van der Waals surface area (Å²) in [6, 6.07) is 7.44. The molecule has 19 heavy (non-hydrogen) atoms. The molecule has 1 aromatic carbocycles. The van der Waals surface area contributed by atoms with Gasteiger partial charge >= 0.3 is 0 Å². The molecule has 6 heteroatoms. The molecule has 0 atom stereocenters. The summed E-state index contributed by atoms with van der Waals surface area (Å²) < 4.78 is 25.5. The van der Waals surface area contributed by atoms with E-state index < -0.39 is 9.05 Å². The van der Waals surface area contributed by atoms with Gasteiger partial charge < -0.3 is 9.47 Å². The summed E-state index contributed by atoms with van der Waals surface area (Å²) in [5.74, 6) is 0. The lowest BCUT2D eigenvalue weighted by Crippen LogP contribution is -2.19. The van der Waals surface area contributed by atoms with Crippen LogP contribution in [-0.2, 0) is 15.6 Å². The minimum absolute atomic E-state index is 0.225. The maximum atomic E-state index is 11.8. The molecule has 1 aromatic heterocycles. The quantitative estimate of drug-likeness (QED) is 0.815. The molecule has 0 saturated heterocycles. The molecular weight excluding hydrogens is 284 g/mol. The first-order valence-electron chi connectivity index (χ1n) is 5.99. The van der Waals surface area contributed by atoms with Crippen LogP contribution < -0.4 is 0 Å². The number of hydrogen-bond acceptors (Lipinski definition) is 3. The van der Waals surface area contributed by atoms with Crippen molar-refractivity contribution in [2.24, 2.45) is 0 Å². The Morgan fingerprint density at radius 3 is 2.47 bits per heavy atom. The number of hydrogen-bond donors (Lipinski definition) is 0. The standard InChI is InChI=1S/C13H17ClN2O2S/c1-10-13(19(14,17)18)11-6-4-5-7-12(11)16(10)9-8-15(2)3/h4-7H,8-9H2,1-3H3. The third-order valence-electron chi connectivity index (χ3n) is 3.19. The highest BCUT2D eigenvalue weighted by atomic mass is 35.7. The van der Waals surface area contributed by atoms with Crippen molar-refractivity contribution >= 4 is 30.6 Å². The Bertz CT molecular complexity index is 705. The van der Waals surface area contributed by atoms with E-state index in [2.05, 4.69) is 4.90 Å². The van der Waals surface area contributed by atoms with Gasteiger partial charge in [0.2, 0.25) is 0 Å². The molecule has 0 amide bonds. The number of para-hydroxylation sites is 1. The molecule has 0 aliphatic carbocycles. The molecule has 0 bridgehead atoms. The lowest BCUT2D eigenvalue weighted by molar-refractivity contribution is 0.385. The van der Waals surface area contributed by atoms with Gasteiger partial charge in [-0.15, -0.1) is 0 Å². The molecule has 0 aliphatic rings. The van der Waals surface area contributed by atoms with Crippen LogP contribution in [0.1, 0.15) is 5.69 Å². The molecule has 4 nitrogen and oxygen atoms in total. The molecule has 0 aliphatic heterocycles. The number of likely N-dealkylation sites (N-methyl/N-ethyl adjacent to an activating group) is 1. The molecule has 1 heterocycles. The van der Waals surface area contributed by atoms with E-state index in [4.69, 9.17) is 10.7 Å². The first-order chi connectivity index (χ1) is 8.82. The van der Waals surface area contributed by atoms with Crippen LogP contribution in [0.15, 0.2) is 29.2 Å². The van der Waals surface area contributed by atoms with E-state index in [0.717, 1.165) is 18.6 Å². The van der Waals surface area contributed by atoms with Crippen molar-refractivity contribution in [2.45, 2.75) is 18.4 Å². The highest BCUT2D eigenvalue weighted by Gasteiger charge is 2.22. The molecule has 104 valence electrons. The molecule has 2 aromatic rings. The van der Waals surface area contributed by atoms with Crippen molar-refractivity contribution in [3.05, 3.63) is 30.0 Å². The average molecular weight is 301 g/mol. The number of halogens is 1. The van der Waals surface area contributed by atoms with Gasteiger partial charge in [0.05, 0.1) is 0 Å². The second-order valence-electron chi connectivity index (χ2n) is 4.82. The van der Waals surface area contributed by atoms with Crippen molar-refractivity contribution in [3.63, 3.8) is 0 Å². The van der Waals surface area contributed by atoms with Crippen molar-refractivity contribution < 1.29 is 8.42 Å². The van der Waals surface area contributed by atoms with Gasteiger partial charge in [0.1, 0.15) is 4.90 Å². The Balaban J connectivity index is 2.68. The SMILES string of the molecule is Cc1c(S(=O)(=O)Cl)c2ccccc2n1CCN(C)C. The number of aromatic nitrogens is 1. The van der Waals surface area contributed by atoms with E-state index in [1.807, 2.05) is 36.9 Å². The van der Waals surface area contributed by atoms with Gasteiger partial charge in [-0.1, -0.05) is 18.2 Å². The molecule has 0 radical (unpaired) electrons. The maximum Gasteiger partial charge on any atom is 0.263 e. The molecule has 0 fully saturated rings. The first-order valence-corrected chi connectivity index (χ1v) is 8.30. The predicted octanol–water partition coefficient (Wildman–Crippen LogP) is 2.44. The highest BCUT2D eigenvalue weighted by Crippen LogP contribution is 2.31. The number of benzene rings is 1. The fourth-order valence-corrected chi connectivity index (χ4v) is 3.78. The Kier molecular flexibility index (Phi) is 3.90. The van der Waals surface area contributed by atoms with Gasteiger partial charge in [-0.05, 0) is 27.1 Å². The van der Waals surface area contributed by atoms with E-state index in [-0.39, 0.29) is 4.90 Å². The van der Waals surface area contributed by atoms with Crippen molar-refractivity contribution in [3.8, 4) is 0 Å². The summed E-state index contributed by atoms with van der Waals surface area (Å²) in [4.78, 5) is 2.28. The van der Waals surface area contributed by atoms with Crippen molar-refractivity contribution in [1.82, 2.24) is 9.47 Å². The molecule has 0 unspecified atom stereocenters. The van der Waals surface area contributed by atoms with Crippen LogP contribution in [0, 0.1) is 6.92 Å². The van der Waals surface area contributed by atoms with Gasteiger partial charge in [0, 0.05) is 40.4 Å². The zero-order valence-corrected chi connectivity index (χ0v) is 12.8. The first kappa shape index (κ1) is 14.4. The van der Waals surface area contributed by atoms with Gasteiger partial charge in [-0.25, -0.2) is 8.42 Å². The fraction of sp³-hybridized carbons (Fsp3) is 0.385. The van der Waals surface area contributed by atoms with E-state index in [0.29, 0.717) is 11.1 Å². The Morgan fingerprint density at radius 1 is 1.26 bits per heavy atom. The van der Waals surface area contributed by atoms with Crippen LogP contribution >= 0.6 is 10.7 Å². The van der Waals surface area contributed by atoms with Gasteiger partial charge in [-0.3, -0.25) is 0 Å². The van der Waals surface area contributed by atoms with Crippen molar-refractivity contribution in [2.75, 3.05) is 20.6 Å². The van der Waals surface area contributed by atoms with E-state index in [9.17, 15) is 8.42 Å². The van der Waals surface area contributed by atoms with E-state index in [1.165, 1.54) is 0 Å². The van der Waals surface area contributed by atoms with Crippen LogP contribution in [0.25, 0.3) is 10.9 Å². The minimum Gasteiger partial charge on any atom is -0.342 e. The van der Waals surface area contributed by atoms with Crippen LogP contribution in [-0.4, -0.2) is 38.5 Å². The maximum absolute atomic E-state index is 11.8. The Hall–Kier alpha value is -1.04. The van der Waals surface area contributed by atoms with Crippen LogP contribution in [0.4, 0.5) is 0 Å². The third kappa shape index (κ3) is 2.78. The molecular formula is C13H17ClN2O2S. The zero-order valence-electron chi connectivity index (χ0n) is 11.2. The van der Waals surface area contributed by atoms with Gasteiger partial charge in [0.25, 0.3) is 9.05 Å². The highest BCUT2D eigenvalue weighted by molar-refractivity contribution is 8.14. The van der Waals surface area contributed by atoms with Crippen molar-refractivity contribution in [1.29, 1.82) is 0 Å². The van der Waals surface area contributed by atoms with Crippen LogP contribution in [0.5, 0.6) is 0 Å². The summed E-state index contributed by atoms with van der Waals surface area (Å²) in [6.07, 6.45) is 0. The number of rotatable bonds is 4. The monoisotopic (exact) mass is 300 g/mol. The lowest BCUT2D eigenvalue weighted by Gasteiger charge is -2.13. The molecule has 0 saturated carbocycles. The second kappa shape index (κ2) is 5.15. The van der Waals surface area contributed by atoms with Crippen LogP contribution in [0.2, 0.25) is 0 Å². The Morgan fingerprint density at radius 2 is 1.89 bits per heavy atom. The number of nitrogens with zero attached hydrogens (tertiary/aromatic N) is 2. The molecule has 2 rings (SSSR count). The average Bonchev–Trinajstić information content (AvgIpc) is 2.57. The number of fused-ring (bicyclic) bond motifs is 1. The molecule has 0 spiro atoms. The Labute approximate surface area is 118 Å².